The van der Waals surface area contributed by atoms with Crippen molar-refractivity contribution in [3.05, 3.63) is 24.0 Å². The van der Waals surface area contributed by atoms with Crippen LogP contribution in [0.3, 0.4) is 0 Å². The molecule has 106 valence electrons. The Morgan fingerprint density at radius 3 is 2.63 bits per heavy atom. The van der Waals surface area contributed by atoms with E-state index in [1.165, 1.54) is 19.2 Å². The summed E-state index contributed by atoms with van der Waals surface area (Å²) in [6.07, 6.45) is 0.457. The first kappa shape index (κ1) is 15.3. The lowest BCUT2D eigenvalue weighted by molar-refractivity contribution is -0.147. The third-order valence-electron chi connectivity index (χ3n) is 3.20. The number of hydrogen-bond donors (Lipinski definition) is 1. The van der Waals surface area contributed by atoms with Crippen LogP contribution in [-0.2, 0) is 4.79 Å². The zero-order valence-corrected chi connectivity index (χ0v) is 11.7. The second-order valence-electron chi connectivity index (χ2n) is 5.18. The van der Waals surface area contributed by atoms with E-state index in [4.69, 9.17) is 9.84 Å². The summed E-state index contributed by atoms with van der Waals surface area (Å²) >= 11 is 0. The molecule has 1 rings (SSSR count). The first-order chi connectivity index (χ1) is 8.77. The lowest BCUT2D eigenvalue weighted by Crippen LogP contribution is -2.30. The Kier molecular flexibility index (Phi) is 4.75. The van der Waals surface area contributed by atoms with Gasteiger partial charge in [-0.2, -0.15) is 0 Å². The Balaban J connectivity index is 2.81. The topological polar surface area (TPSA) is 49.8 Å². The Labute approximate surface area is 112 Å². The van der Waals surface area contributed by atoms with E-state index in [1.807, 2.05) is 0 Å². The first-order valence-corrected chi connectivity index (χ1v) is 6.06. The van der Waals surface area contributed by atoms with E-state index >= 15 is 0 Å². The Morgan fingerprint density at radius 2 is 2.11 bits per heavy atom. The molecule has 0 atom stereocenters. The number of carboxylic acids is 1. The summed E-state index contributed by atoms with van der Waals surface area (Å²) in [5, 5.41) is 9.07. The fourth-order valence-electron chi connectivity index (χ4n) is 1.64. The number of hydrogen-bond acceptors (Lipinski definition) is 3. The number of anilines is 1. The highest BCUT2D eigenvalue weighted by Gasteiger charge is 2.27. The maximum atomic E-state index is 13.3. The van der Waals surface area contributed by atoms with E-state index in [9.17, 15) is 9.18 Å². The van der Waals surface area contributed by atoms with Crippen LogP contribution < -0.4 is 9.64 Å². The molecular formula is C14H20FNO3. The number of nitrogens with zero attached hydrogens (tertiary/aromatic N) is 1. The van der Waals surface area contributed by atoms with Crippen molar-refractivity contribution in [1.29, 1.82) is 0 Å². The van der Waals surface area contributed by atoms with Crippen LogP contribution >= 0.6 is 0 Å². The molecule has 0 aliphatic rings. The minimum Gasteiger partial charge on any atom is -0.495 e. The van der Waals surface area contributed by atoms with E-state index in [2.05, 4.69) is 0 Å². The Morgan fingerprint density at radius 1 is 1.47 bits per heavy atom. The number of ether oxygens (including phenoxy) is 1. The van der Waals surface area contributed by atoms with E-state index in [-0.39, 0.29) is 5.82 Å². The molecule has 0 aliphatic carbocycles. The SMILES string of the molecule is COc1ccc(F)cc1N(C)CCC(C)(C)C(=O)O. The summed E-state index contributed by atoms with van der Waals surface area (Å²) in [6.45, 7) is 3.84. The fraction of sp³-hybridized carbons (Fsp3) is 0.500. The largest absolute Gasteiger partial charge is 0.495 e. The van der Waals surface area contributed by atoms with Gasteiger partial charge in [0.2, 0.25) is 0 Å². The molecule has 0 aromatic heterocycles. The molecule has 19 heavy (non-hydrogen) atoms. The number of halogens is 1. The summed E-state index contributed by atoms with van der Waals surface area (Å²) in [5.41, 5.74) is -0.196. The Bertz CT molecular complexity index is 460. The molecule has 0 bridgehead atoms. The van der Waals surface area contributed by atoms with Gasteiger partial charge in [-0.3, -0.25) is 4.79 Å². The third-order valence-corrected chi connectivity index (χ3v) is 3.20. The summed E-state index contributed by atoms with van der Waals surface area (Å²) in [7, 11) is 3.31. The van der Waals surface area contributed by atoms with Crippen molar-refractivity contribution < 1.29 is 19.0 Å². The van der Waals surface area contributed by atoms with Gasteiger partial charge in [-0.25, -0.2) is 4.39 Å². The highest BCUT2D eigenvalue weighted by atomic mass is 19.1. The zero-order valence-electron chi connectivity index (χ0n) is 11.7. The Hall–Kier alpha value is -1.78. The van der Waals surface area contributed by atoms with Gasteiger partial charge in [0.1, 0.15) is 11.6 Å². The van der Waals surface area contributed by atoms with Gasteiger partial charge in [-0.15, -0.1) is 0 Å². The maximum Gasteiger partial charge on any atom is 0.309 e. The van der Waals surface area contributed by atoms with Crippen molar-refractivity contribution in [2.45, 2.75) is 20.3 Å². The highest BCUT2D eigenvalue weighted by molar-refractivity contribution is 5.73. The monoisotopic (exact) mass is 269 g/mol. The van der Waals surface area contributed by atoms with Crippen LogP contribution in [0.5, 0.6) is 5.75 Å². The normalized spacial score (nSPS) is 11.2. The average Bonchev–Trinajstić information content (AvgIpc) is 2.35. The summed E-state index contributed by atoms with van der Waals surface area (Å²) in [4.78, 5) is 12.8. The quantitative estimate of drug-likeness (QED) is 0.862. The molecule has 1 aromatic carbocycles. The van der Waals surface area contributed by atoms with Crippen molar-refractivity contribution >= 4 is 11.7 Å². The molecule has 0 aliphatic heterocycles. The molecule has 0 saturated heterocycles. The van der Waals surface area contributed by atoms with Gasteiger partial charge in [-0.05, 0) is 32.4 Å². The van der Waals surface area contributed by atoms with Gasteiger partial charge in [-0.1, -0.05) is 0 Å². The van der Waals surface area contributed by atoms with Gasteiger partial charge >= 0.3 is 5.97 Å². The van der Waals surface area contributed by atoms with Crippen LogP contribution in [0.1, 0.15) is 20.3 Å². The van der Waals surface area contributed by atoms with Gasteiger partial charge in [0.05, 0.1) is 18.2 Å². The predicted molar refractivity (Wildman–Crippen MR) is 72.3 cm³/mol. The molecule has 0 heterocycles. The minimum atomic E-state index is -0.841. The number of methoxy groups -OCH3 is 1. The average molecular weight is 269 g/mol. The molecule has 5 heteroatoms. The summed E-state index contributed by atoms with van der Waals surface area (Å²) < 4.78 is 18.4. The number of carbonyl (C=O) groups is 1. The number of rotatable bonds is 6. The first-order valence-electron chi connectivity index (χ1n) is 6.06. The molecule has 0 fully saturated rings. The van der Waals surface area contributed by atoms with Crippen LogP contribution in [0.2, 0.25) is 0 Å². The van der Waals surface area contributed by atoms with Gasteiger partial charge in [0.15, 0.2) is 0 Å². The second kappa shape index (κ2) is 5.91. The van der Waals surface area contributed by atoms with Gasteiger partial charge in [0, 0.05) is 19.7 Å². The van der Waals surface area contributed by atoms with Crippen LogP contribution in [0.15, 0.2) is 18.2 Å². The molecular weight excluding hydrogens is 249 g/mol. The lowest BCUT2D eigenvalue weighted by atomic mass is 9.89. The summed E-state index contributed by atoms with van der Waals surface area (Å²) in [5.74, 6) is -0.621. The number of carboxylic acid groups (broad SMARTS) is 1. The second-order valence-corrected chi connectivity index (χ2v) is 5.18. The molecule has 1 aromatic rings. The van der Waals surface area contributed by atoms with Crippen LogP contribution in [0, 0.1) is 11.2 Å². The van der Waals surface area contributed by atoms with Crippen LogP contribution in [-0.4, -0.2) is 31.8 Å². The van der Waals surface area contributed by atoms with Crippen molar-refractivity contribution in [2.24, 2.45) is 5.41 Å². The zero-order chi connectivity index (χ0) is 14.6. The number of aliphatic carboxylic acids is 1. The standard InChI is InChI=1S/C14H20FNO3/c1-14(2,13(17)18)7-8-16(3)11-9-10(15)5-6-12(11)19-4/h5-6,9H,7-8H2,1-4H3,(H,17,18). The minimum absolute atomic E-state index is 0.347. The van der Waals surface area contributed by atoms with E-state index in [1.54, 1.807) is 31.9 Å². The van der Waals surface area contributed by atoms with Crippen molar-refractivity contribution in [3.63, 3.8) is 0 Å². The van der Waals surface area contributed by atoms with Gasteiger partial charge in [0.25, 0.3) is 0 Å². The molecule has 0 radical (unpaired) electrons. The molecule has 4 nitrogen and oxygen atoms in total. The van der Waals surface area contributed by atoms with Gasteiger partial charge < -0.3 is 14.7 Å². The van der Waals surface area contributed by atoms with E-state index < -0.39 is 11.4 Å². The molecule has 0 spiro atoms. The maximum absolute atomic E-state index is 13.3. The van der Waals surface area contributed by atoms with E-state index in [0.717, 1.165) is 0 Å². The van der Waals surface area contributed by atoms with Crippen LogP contribution in [0.4, 0.5) is 10.1 Å². The van der Waals surface area contributed by atoms with Crippen molar-refractivity contribution in [2.75, 3.05) is 25.6 Å². The van der Waals surface area contributed by atoms with Crippen molar-refractivity contribution in [1.82, 2.24) is 0 Å². The van der Waals surface area contributed by atoms with Crippen LogP contribution in [0.25, 0.3) is 0 Å². The molecule has 1 N–H and O–H groups in total. The van der Waals surface area contributed by atoms with E-state index in [0.29, 0.717) is 24.4 Å². The van der Waals surface area contributed by atoms with Crippen molar-refractivity contribution in [3.8, 4) is 5.75 Å². The smallest absolute Gasteiger partial charge is 0.309 e. The molecule has 0 unspecified atom stereocenters. The predicted octanol–water partition coefficient (Wildman–Crippen LogP) is 2.77. The third kappa shape index (κ3) is 3.84. The molecule has 0 amide bonds. The highest BCUT2D eigenvalue weighted by Crippen LogP contribution is 2.29. The summed E-state index contributed by atoms with van der Waals surface area (Å²) in [6, 6.07) is 4.27. The fourth-order valence-corrected chi connectivity index (χ4v) is 1.64. The molecule has 0 saturated carbocycles. The lowest BCUT2D eigenvalue weighted by Gasteiger charge is -2.26. The number of benzene rings is 1.